The highest BCUT2D eigenvalue weighted by atomic mass is 35.5. The average molecular weight is 432 g/mol. The maximum atomic E-state index is 12.9. The molecular weight excluding hydrogens is 409 g/mol. The van der Waals surface area contributed by atoms with E-state index in [1.54, 1.807) is 0 Å². The lowest BCUT2D eigenvalue weighted by molar-refractivity contribution is -0.130. The maximum absolute atomic E-state index is 12.9. The van der Waals surface area contributed by atoms with Gasteiger partial charge >= 0.3 is 0 Å². The molecule has 0 heterocycles. The van der Waals surface area contributed by atoms with Crippen molar-refractivity contribution in [1.29, 1.82) is 0 Å². The Hall–Kier alpha value is -2.04. The Morgan fingerprint density at radius 1 is 1.07 bits per heavy atom. The number of hydrogen-bond acceptors (Lipinski definition) is 5. The minimum atomic E-state index is -3.81. The number of sulfonamides is 1. The van der Waals surface area contributed by atoms with Gasteiger partial charge in [-0.05, 0) is 36.2 Å². The van der Waals surface area contributed by atoms with Gasteiger partial charge in [-0.25, -0.2) is 17.5 Å². The molecule has 0 saturated carbocycles. The highest BCUT2D eigenvalue weighted by molar-refractivity contribution is 7.89. The van der Waals surface area contributed by atoms with E-state index < -0.39 is 33.9 Å². The summed E-state index contributed by atoms with van der Waals surface area (Å²) in [5, 5.41) is 12.4. The summed E-state index contributed by atoms with van der Waals surface area (Å²) in [4.78, 5) is 11.9. The van der Waals surface area contributed by atoms with E-state index in [1.807, 2.05) is 30.3 Å². The van der Waals surface area contributed by atoms with Crippen LogP contribution in [0.5, 0.6) is 0 Å². The van der Waals surface area contributed by atoms with E-state index in [4.69, 9.17) is 5.73 Å². The van der Waals surface area contributed by atoms with Gasteiger partial charge in [-0.15, -0.1) is 12.4 Å². The van der Waals surface area contributed by atoms with Crippen LogP contribution in [0.3, 0.4) is 0 Å². The second-order valence-electron chi connectivity index (χ2n) is 5.94. The number of hydrogen-bond donors (Lipinski definition) is 4. The van der Waals surface area contributed by atoms with E-state index in [0.717, 1.165) is 29.8 Å². The minimum absolute atomic E-state index is 0. The van der Waals surface area contributed by atoms with Gasteiger partial charge in [0.1, 0.15) is 11.9 Å². The van der Waals surface area contributed by atoms with Crippen LogP contribution in [0.4, 0.5) is 4.39 Å². The molecule has 2 aromatic carbocycles. The van der Waals surface area contributed by atoms with Crippen LogP contribution in [0.2, 0.25) is 0 Å². The number of amides is 1. The fourth-order valence-electron chi connectivity index (χ4n) is 2.37. The molecular formula is C18H23ClFN3O4S. The Balaban J connectivity index is 0.00000392. The molecule has 0 aliphatic heterocycles. The van der Waals surface area contributed by atoms with Crippen molar-refractivity contribution in [1.82, 2.24) is 10.0 Å². The van der Waals surface area contributed by atoms with Crippen LogP contribution in [-0.2, 0) is 21.2 Å². The predicted octanol–water partition coefficient (Wildman–Crippen LogP) is 0.573. The summed E-state index contributed by atoms with van der Waals surface area (Å²) in [7, 11) is -3.81. The van der Waals surface area contributed by atoms with Gasteiger partial charge in [0.15, 0.2) is 0 Å². The van der Waals surface area contributed by atoms with Crippen LogP contribution >= 0.6 is 12.4 Å². The zero-order valence-corrected chi connectivity index (χ0v) is 16.5. The van der Waals surface area contributed by atoms with Gasteiger partial charge < -0.3 is 16.2 Å². The number of carbonyl (C=O) groups is 1. The molecule has 1 unspecified atom stereocenters. The molecule has 5 N–H and O–H groups in total. The number of carbonyl (C=O) groups excluding carboxylic acids is 1. The van der Waals surface area contributed by atoms with E-state index in [9.17, 15) is 22.7 Å². The van der Waals surface area contributed by atoms with E-state index in [1.165, 1.54) is 0 Å². The van der Waals surface area contributed by atoms with Crippen molar-refractivity contribution >= 4 is 28.3 Å². The van der Waals surface area contributed by atoms with Crippen LogP contribution in [0, 0.1) is 5.82 Å². The molecule has 0 bridgehead atoms. The number of nitrogens with two attached hydrogens (primary N) is 1. The first kappa shape index (κ1) is 24.0. The van der Waals surface area contributed by atoms with Gasteiger partial charge in [0, 0.05) is 19.1 Å². The summed E-state index contributed by atoms with van der Waals surface area (Å²) in [6.45, 7) is -0.125. The normalized spacial score (nSPS) is 13.2. The van der Waals surface area contributed by atoms with Crippen molar-refractivity contribution in [3.05, 3.63) is 66.0 Å². The molecule has 0 saturated heterocycles. The molecule has 1 amide bonds. The monoisotopic (exact) mass is 431 g/mol. The molecule has 0 spiro atoms. The molecule has 10 heteroatoms. The molecule has 2 rings (SSSR count). The van der Waals surface area contributed by atoms with Crippen molar-refractivity contribution in [2.75, 3.05) is 13.1 Å². The molecule has 2 aromatic rings. The van der Waals surface area contributed by atoms with Crippen molar-refractivity contribution in [3.8, 4) is 0 Å². The number of aliphatic hydroxyl groups excluding tert-OH is 1. The SMILES string of the molecule is Cl.N[C@@H](Cc1ccccc1)C(O)C(=O)NCCNS(=O)(=O)c1ccc(F)cc1. The van der Waals surface area contributed by atoms with Crippen molar-refractivity contribution < 1.29 is 22.7 Å². The first-order valence-corrected chi connectivity index (χ1v) is 9.78. The molecule has 0 aliphatic rings. The third kappa shape index (κ3) is 7.17. The summed E-state index contributed by atoms with van der Waals surface area (Å²) in [6.07, 6.45) is -1.09. The minimum Gasteiger partial charge on any atom is -0.382 e. The quantitative estimate of drug-likeness (QED) is 0.432. The Kier molecular flexibility index (Phi) is 9.50. The summed E-state index contributed by atoms with van der Waals surface area (Å²) >= 11 is 0. The molecule has 0 aromatic heterocycles. The van der Waals surface area contributed by atoms with Crippen molar-refractivity contribution in [2.24, 2.45) is 5.73 Å². The molecule has 0 fully saturated rings. The Morgan fingerprint density at radius 3 is 2.29 bits per heavy atom. The van der Waals surface area contributed by atoms with Gasteiger partial charge in [-0.3, -0.25) is 4.79 Å². The molecule has 0 radical (unpaired) electrons. The standard InChI is InChI=1S/C18H22FN3O4S.ClH/c19-14-6-8-15(9-7-14)27(25,26)22-11-10-21-18(24)17(23)16(20)12-13-4-2-1-3-5-13;/h1-9,16-17,22-23H,10-12,20H2,(H,21,24);1H/t16-,17?;/m0./s1. The maximum Gasteiger partial charge on any atom is 0.250 e. The van der Waals surface area contributed by atoms with Gasteiger partial charge in [0.2, 0.25) is 10.0 Å². The number of nitrogens with one attached hydrogen (secondary N) is 2. The largest absolute Gasteiger partial charge is 0.382 e. The number of aliphatic hydroxyl groups is 1. The number of rotatable bonds is 9. The third-order valence-corrected chi connectivity index (χ3v) is 5.31. The smallest absolute Gasteiger partial charge is 0.250 e. The van der Waals surface area contributed by atoms with Crippen LogP contribution in [0.25, 0.3) is 0 Å². The van der Waals surface area contributed by atoms with Crippen LogP contribution < -0.4 is 15.8 Å². The van der Waals surface area contributed by atoms with Crippen LogP contribution in [0.1, 0.15) is 5.56 Å². The first-order valence-electron chi connectivity index (χ1n) is 8.30. The van der Waals surface area contributed by atoms with Gasteiger partial charge in [0.05, 0.1) is 4.90 Å². The van der Waals surface area contributed by atoms with E-state index in [-0.39, 0.29) is 30.4 Å². The number of benzene rings is 2. The fraction of sp³-hybridized carbons (Fsp3) is 0.278. The summed E-state index contributed by atoms with van der Waals surface area (Å²) < 4.78 is 39.2. The highest BCUT2D eigenvalue weighted by Crippen LogP contribution is 2.09. The van der Waals surface area contributed by atoms with Gasteiger partial charge in [-0.1, -0.05) is 30.3 Å². The van der Waals surface area contributed by atoms with E-state index >= 15 is 0 Å². The average Bonchev–Trinajstić information content (AvgIpc) is 2.65. The highest BCUT2D eigenvalue weighted by Gasteiger charge is 2.23. The predicted molar refractivity (Wildman–Crippen MR) is 106 cm³/mol. The second-order valence-corrected chi connectivity index (χ2v) is 7.71. The van der Waals surface area contributed by atoms with Gasteiger partial charge in [-0.2, -0.15) is 0 Å². The lowest BCUT2D eigenvalue weighted by Gasteiger charge is -2.18. The second kappa shape index (κ2) is 11.1. The molecule has 154 valence electrons. The number of halogens is 2. The summed E-state index contributed by atoms with van der Waals surface area (Å²) in [5.41, 5.74) is 6.75. The van der Waals surface area contributed by atoms with Crippen LogP contribution in [0.15, 0.2) is 59.5 Å². The van der Waals surface area contributed by atoms with E-state index in [2.05, 4.69) is 10.0 Å². The third-order valence-electron chi connectivity index (χ3n) is 3.83. The van der Waals surface area contributed by atoms with Crippen molar-refractivity contribution in [2.45, 2.75) is 23.5 Å². The fourth-order valence-corrected chi connectivity index (χ4v) is 3.40. The lowest BCUT2D eigenvalue weighted by Crippen LogP contribution is -2.48. The lowest BCUT2D eigenvalue weighted by atomic mass is 10.0. The van der Waals surface area contributed by atoms with Crippen molar-refractivity contribution in [3.63, 3.8) is 0 Å². The Morgan fingerprint density at radius 2 is 1.68 bits per heavy atom. The zero-order valence-electron chi connectivity index (χ0n) is 14.9. The topological polar surface area (TPSA) is 122 Å². The Bertz CT molecular complexity index is 851. The molecule has 7 nitrogen and oxygen atoms in total. The zero-order chi connectivity index (χ0) is 19.9. The van der Waals surface area contributed by atoms with Gasteiger partial charge in [0.25, 0.3) is 5.91 Å². The van der Waals surface area contributed by atoms with Crippen LogP contribution in [-0.4, -0.2) is 44.7 Å². The molecule has 0 aliphatic carbocycles. The summed E-state index contributed by atoms with van der Waals surface area (Å²) in [5.74, 6) is -1.22. The van der Waals surface area contributed by atoms with E-state index in [0.29, 0.717) is 6.42 Å². The first-order chi connectivity index (χ1) is 12.8. The Labute approximate surface area is 169 Å². The summed E-state index contributed by atoms with van der Waals surface area (Å²) in [6, 6.07) is 12.8. The molecule has 28 heavy (non-hydrogen) atoms. The molecule has 2 atom stereocenters.